The van der Waals surface area contributed by atoms with Crippen LogP contribution in [0.2, 0.25) is 0 Å². The molecule has 0 fully saturated rings. The number of nitrogens with two attached hydrogens (primary N) is 1. The lowest BCUT2D eigenvalue weighted by Gasteiger charge is -1.96. The summed E-state index contributed by atoms with van der Waals surface area (Å²) in [5, 5.41) is 0. The first-order chi connectivity index (χ1) is 3.80. The number of nitrogens with zero attached hydrogens (tertiary/aromatic N) is 1. The van der Waals surface area contributed by atoms with Gasteiger partial charge in [0, 0.05) is 0 Å². The minimum atomic E-state index is 0.0459. The van der Waals surface area contributed by atoms with Crippen molar-refractivity contribution in [2.24, 2.45) is 10.7 Å². The highest BCUT2D eigenvalue weighted by atomic mass is 127. The van der Waals surface area contributed by atoms with E-state index in [1.165, 1.54) is 0 Å². The third kappa shape index (κ3) is 1.38. The molecule has 44 valence electrons. The molecule has 8 heavy (non-hydrogen) atoms. The predicted octanol–water partition coefficient (Wildman–Crippen LogP) is 1.32. The van der Waals surface area contributed by atoms with Crippen LogP contribution in [0.15, 0.2) is 13.6 Å². The second-order valence-electron chi connectivity index (χ2n) is 1.19. The van der Waals surface area contributed by atoms with Gasteiger partial charge < -0.3 is 5.73 Å². The Morgan fingerprint density at radius 3 is 2.88 bits per heavy atom. The summed E-state index contributed by atoms with van der Waals surface area (Å²) < 4.78 is 4.92. The fraction of sp³-hybridized carbons (Fsp3) is 0. The zero-order valence-electron chi connectivity index (χ0n) is 3.94. The van der Waals surface area contributed by atoms with Crippen molar-refractivity contribution in [1.29, 1.82) is 0 Å². The Morgan fingerprint density at radius 2 is 2.50 bits per heavy atom. The van der Waals surface area contributed by atoms with E-state index in [0.29, 0.717) is 5.84 Å². The monoisotopic (exact) mass is 286 g/mol. The second kappa shape index (κ2) is 2.72. The van der Waals surface area contributed by atoms with Crippen LogP contribution >= 0.6 is 36.7 Å². The van der Waals surface area contributed by atoms with Crippen LogP contribution in [0.25, 0.3) is 0 Å². The van der Waals surface area contributed by atoms with Gasteiger partial charge in [-0.15, -0.1) is 0 Å². The Kier molecular flexibility index (Phi) is 2.18. The standard InChI is InChI=1S/C4H4BrIN2/c5-3-1-6-2-8-4(3)7/h1-2H,(H2,7,8). The van der Waals surface area contributed by atoms with Crippen molar-refractivity contribution in [2.45, 2.75) is 0 Å². The van der Waals surface area contributed by atoms with Gasteiger partial charge in [0.1, 0.15) is 5.84 Å². The second-order valence-corrected chi connectivity index (χ2v) is 3.95. The quantitative estimate of drug-likeness (QED) is 0.670. The minimum Gasteiger partial charge on any atom is -0.383 e. The first-order valence-electron chi connectivity index (χ1n) is 1.93. The molecule has 1 aliphatic rings. The Morgan fingerprint density at radius 1 is 1.75 bits per heavy atom. The number of amidine groups is 1. The van der Waals surface area contributed by atoms with Crippen molar-refractivity contribution in [3.63, 3.8) is 0 Å². The molecule has 1 aliphatic heterocycles. The van der Waals surface area contributed by atoms with Crippen LogP contribution in [0.1, 0.15) is 0 Å². The van der Waals surface area contributed by atoms with Crippen LogP contribution < -0.4 is 5.73 Å². The SMILES string of the molecule is NC1=NC=IC=C1Br. The van der Waals surface area contributed by atoms with Crippen molar-refractivity contribution < 1.29 is 0 Å². The highest BCUT2D eigenvalue weighted by Gasteiger charge is 1.96. The molecular weight excluding hydrogens is 283 g/mol. The molecular formula is C4H4BrIN2. The lowest BCUT2D eigenvalue weighted by Crippen LogP contribution is -2.11. The summed E-state index contributed by atoms with van der Waals surface area (Å²) in [5.41, 5.74) is 5.40. The molecule has 0 aromatic heterocycles. The van der Waals surface area contributed by atoms with Crippen molar-refractivity contribution in [3.8, 4) is 0 Å². The molecule has 0 atom stereocenters. The minimum absolute atomic E-state index is 0.0459. The molecule has 0 saturated carbocycles. The highest BCUT2D eigenvalue weighted by Crippen LogP contribution is 2.14. The van der Waals surface area contributed by atoms with Crippen LogP contribution in [-0.4, -0.2) is 9.97 Å². The van der Waals surface area contributed by atoms with Crippen LogP contribution in [0, 0.1) is 0 Å². The molecule has 0 aliphatic carbocycles. The number of aliphatic imine (C=N–C) groups is 1. The van der Waals surface area contributed by atoms with Crippen LogP contribution in [-0.2, 0) is 0 Å². The Balaban J connectivity index is 2.93. The van der Waals surface area contributed by atoms with E-state index in [4.69, 9.17) is 5.73 Å². The maximum atomic E-state index is 5.40. The summed E-state index contributed by atoms with van der Waals surface area (Å²) in [6.45, 7) is 0. The Labute approximate surface area is 65.7 Å². The largest absolute Gasteiger partial charge is 0.383 e. The van der Waals surface area contributed by atoms with E-state index in [1.54, 1.807) is 0 Å². The lowest BCUT2D eigenvalue weighted by atomic mass is 10.6. The molecule has 0 amide bonds. The van der Waals surface area contributed by atoms with Gasteiger partial charge >= 0.3 is 0 Å². The maximum absolute atomic E-state index is 5.40. The summed E-state index contributed by atoms with van der Waals surface area (Å²) in [6, 6.07) is 0. The molecule has 0 aromatic carbocycles. The molecule has 0 radical (unpaired) electrons. The number of hydrogen-bond donors (Lipinski definition) is 1. The first-order valence-corrected chi connectivity index (χ1v) is 5.22. The lowest BCUT2D eigenvalue weighted by molar-refractivity contribution is 1.65. The van der Waals surface area contributed by atoms with Gasteiger partial charge in [0.2, 0.25) is 0 Å². The van der Waals surface area contributed by atoms with Crippen LogP contribution in [0.4, 0.5) is 0 Å². The average Bonchev–Trinajstić information content (AvgIpc) is 1.77. The third-order valence-electron chi connectivity index (χ3n) is 0.648. The molecule has 1 heterocycles. The molecule has 0 saturated heterocycles. The Bertz CT molecular complexity index is 162. The van der Waals surface area contributed by atoms with Gasteiger partial charge in [-0.2, -0.15) is 0 Å². The maximum Gasteiger partial charge on any atom is 0.138 e. The van der Waals surface area contributed by atoms with Gasteiger partial charge in [0.05, 0.1) is 8.62 Å². The van der Waals surface area contributed by atoms with Gasteiger partial charge in [0.15, 0.2) is 0 Å². The molecule has 0 aromatic rings. The summed E-state index contributed by atoms with van der Waals surface area (Å²) in [4.78, 5) is 3.91. The van der Waals surface area contributed by atoms with Gasteiger partial charge in [-0.25, -0.2) is 4.99 Å². The summed E-state index contributed by atoms with van der Waals surface area (Å²) >= 11 is 3.31. The van der Waals surface area contributed by atoms with Crippen molar-refractivity contribution >= 4 is 46.6 Å². The van der Waals surface area contributed by atoms with E-state index in [-0.39, 0.29) is 20.7 Å². The van der Waals surface area contributed by atoms with E-state index in [0.717, 1.165) is 4.48 Å². The van der Waals surface area contributed by atoms with Crippen molar-refractivity contribution in [1.82, 2.24) is 0 Å². The zero-order valence-corrected chi connectivity index (χ0v) is 7.68. The first kappa shape index (κ1) is 6.41. The molecule has 0 spiro atoms. The third-order valence-corrected chi connectivity index (χ3v) is 3.72. The topological polar surface area (TPSA) is 38.4 Å². The Hall–Kier alpha value is 0.290. The smallest absolute Gasteiger partial charge is 0.138 e. The predicted molar refractivity (Wildman–Crippen MR) is 48.7 cm³/mol. The zero-order chi connectivity index (χ0) is 5.98. The van der Waals surface area contributed by atoms with E-state index in [2.05, 4.69) is 25.0 Å². The fourth-order valence-corrected chi connectivity index (χ4v) is 2.31. The van der Waals surface area contributed by atoms with Crippen molar-refractivity contribution in [2.75, 3.05) is 0 Å². The summed E-state index contributed by atoms with van der Waals surface area (Å²) in [7, 11) is 0. The number of hydrogen-bond acceptors (Lipinski definition) is 2. The average molecular weight is 287 g/mol. The highest BCUT2D eigenvalue weighted by molar-refractivity contribution is 14.2. The summed E-state index contributed by atoms with van der Waals surface area (Å²) in [5.74, 6) is 0.593. The summed E-state index contributed by atoms with van der Waals surface area (Å²) in [6.07, 6.45) is 0. The van der Waals surface area contributed by atoms with Gasteiger partial charge in [-0.1, -0.05) is 20.7 Å². The van der Waals surface area contributed by atoms with Crippen LogP contribution in [0.5, 0.6) is 0 Å². The van der Waals surface area contributed by atoms with Gasteiger partial charge in [-0.3, -0.25) is 0 Å². The molecule has 1 rings (SSSR count). The van der Waals surface area contributed by atoms with Crippen LogP contribution in [0.3, 0.4) is 0 Å². The number of halogens is 2. The normalized spacial score (nSPS) is 18.6. The number of rotatable bonds is 0. The molecule has 0 unspecified atom stereocenters. The van der Waals surface area contributed by atoms with E-state index >= 15 is 0 Å². The molecule has 2 N–H and O–H groups in total. The van der Waals surface area contributed by atoms with E-state index in [9.17, 15) is 0 Å². The molecule has 0 bridgehead atoms. The van der Waals surface area contributed by atoms with Crippen molar-refractivity contribution in [3.05, 3.63) is 8.57 Å². The molecule has 4 heteroatoms. The van der Waals surface area contributed by atoms with E-state index < -0.39 is 0 Å². The van der Waals surface area contributed by atoms with Gasteiger partial charge in [-0.05, 0) is 20.0 Å². The molecule has 2 nitrogen and oxygen atoms in total. The van der Waals surface area contributed by atoms with Gasteiger partial charge in [0.25, 0.3) is 0 Å². The van der Waals surface area contributed by atoms with E-state index in [1.807, 2.05) is 4.14 Å². The fourth-order valence-electron chi connectivity index (χ4n) is 0.282.